The van der Waals surface area contributed by atoms with Gasteiger partial charge in [0.25, 0.3) is 0 Å². The van der Waals surface area contributed by atoms with E-state index in [9.17, 15) is 4.79 Å². The van der Waals surface area contributed by atoms with E-state index in [-0.39, 0.29) is 5.78 Å². The molecule has 3 aromatic rings. The maximum Gasteiger partial charge on any atom is 0.198 e. The first-order valence-corrected chi connectivity index (χ1v) is 6.36. The Kier molecular flexibility index (Phi) is 2.75. The van der Waals surface area contributed by atoms with Gasteiger partial charge in [-0.05, 0) is 36.8 Å². The highest BCUT2D eigenvalue weighted by atomic mass is 16.1. The minimum Gasteiger partial charge on any atom is -0.348 e. The van der Waals surface area contributed by atoms with E-state index in [0.717, 1.165) is 11.2 Å². The highest BCUT2D eigenvalue weighted by Crippen LogP contribution is 2.20. The van der Waals surface area contributed by atoms with E-state index >= 15 is 0 Å². The first-order chi connectivity index (χ1) is 9.16. The summed E-state index contributed by atoms with van der Waals surface area (Å²) < 4.78 is 3.87. The number of nitrogens with zero attached hydrogens (tertiary/aromatic N) is 2. The van der Waals surface area contributed by atoms with Gasteiger partial charge in [-0.1, -0.05) is 12.1 Å². The van der Waals surface area contributed by atoms with Crippen molar-refractivity contribution in [3.8, 4) is 0 Å². The van der Waals surface area contributed by atoms with Gasteiger partial charge in [0.1, 0.15) is 0 Å². The van der Waals surface area contributed by atoms with Crippen LogP contribution in [0.1, 0.15) is 16.1 Å². The molecule has 0 unspecified atom stereocenters. The lowest BCUT2D eigenvalue weighted by atomic mass is 10.1. The lowest BCUT2D eigenvalue weighted by Gasteiger charge is -2.06. The molecule has 0 aliphatic rings. The number of rotatable bonds is 3. The van der Waals surface area contributed by atoms with Gasteiger partial charge in [-0.25, -0.2) is 0 Å². The Hall–Kier alpha value is -2.29. The largest absolute Gasteiger partial charge is 0.348 e. The molecule has 96 valence electrons. The van der Waals surface area contributed by atoms with Crippen LogP contribution in [0.4, 0.5) is 0 Å². The molecule has 0 saturated carbocycles. The number of hydrogen-bond donors (Lipinski definition) is 0. The Labute approximate surface area is 112 Å². The molecule has 3 nitrogen and oxygen atoms in total. The van der Waals surface area contributed by atoms with Gasteiger partial charge in [0.2, 0.25) is 0 Å². The number of ketones is 1. The Morgan fingerprint density at radius 3 is 2.68 bits per heavy atom. The number of carbonyl (C=O) groups is 1. The zero-order valence-electron chi connectivity index (χ0n) is 11.1. The van der Waals surface area contributed by atoms with Gasteiger partial charge in [-0.15, -0.1) is 0 Å². The number of aromatic nitrogens is 2. The molecule has 0 saturated heterocycles. The Morgan fingerprint density at radius 2 is 1.95 bits per heavy atom. The van der Waals surface area contributed by atoms with Crippen LogP contribution in [0.15, 0.2) is 48.8 Å². The van der Waals surface area contributed by atoms with Gasteiger partial charge in [0, 0.05) is 30.3 Å². The van der Waals surface area contributed by atoms with Crippen molar-refractivity contribution in [2.75, 3.05) is 0 Å². The molecule has 2 aromatic heterocycles. The van der Waals surface area contributed by atoms with Crippen LogP contribution in [0.25, 0.3) is 10.9 Å². The molecule has 0 bridgehead atoms. The SMILES string of the molecule is Cc1cccc2c1ccn2CC(=O)c1cccn1C. The van der Waals surface area contributed by atoms with Crippen LogP contribution in [0, 0.1) is 6.92 Å². The van der Waals surface area contributed by atoms with E-state index < -0.39 is 0 Å². The summed E-state index contributed by atoms with van der Waals surface area (Å²) in [5, 5.41) is 1.21. The predicted octanol–water partition coefficient (Wildman–Crippen LogP) is 3.17. The summed E-state index contributed by atoms with van der Waals surface area (Å²) in [7, 11) is 1.89. The molecule has 0 atom stereocenters. The lowest BCUT2D eigenvalue weighted by molar-refractivity contribution is 0.0965. The topological polar surface area (TPSA) is 26.9 Å². The van der Waals surface area contributed by atoms with Crippen molar-refractivity contribution in [3.05, 3.63) is 60.0 Å². The van der Waals surface area contributed by atoms with Crippen LogP contribution in [-0.4, -0.2) is 14.9 Å². The summed E-state index contributed by atoms with van der Waals surface area (Å²) in [6.45, 7) is 2.47. The molecule has 0 amide bonds. The first-order valence-electron chi connectivity index (χ1n) is 6.36. The molecule has 19 heavy (non-hydrogen) atoms. The molecule has 1 aromatic carbocycles. The van der Waals surface area contributed by atoms with Crippen molar-refractivity contribution < 1.29 is 4.79 Å². The highest BCUT2D eigenvalue weighted by molar-refractivity contribution is 5.95. The van der Waals surface area contributed by atoms with E-state index in [2.05, 4.69) is 25.1 Å². The number of aryl methyl sites for hydroxylation is 2. The van der Waals surface area contributed by atoms with Crippen molar-refractivity contribution >= 4 is 16.7 Å². The van der Waals surface area contributed by atoms with Crippen LogP contribution in [0.5, 0.6) is 0 Å². The second-order valence-corrected chi connectivity index (χ2v) is 4.88. The van der Waals surface area contributed by atoms with E-state index in [1.165, 1.54) is 10.9 Å². The molecule has 0 N–H and O–H groups in total. The van der Waals surface area contributed by atoms with Gasteiger partial charge < -0.3 is 9.13 Å². The number of hydrogen-bond acceptors (Lipinski definition) is 1. The van der Waals surface area contributed by atoms with Gasteiger partial charge in [-0.3, -0.25) is 4.79 Å². The van der Waals surface area contributed by atoms with Crippen molar-refractivity contribution in [1.29, 1.82) is 0 Å². The van der Waals surface area contributed by atoms with Gasteiger partial charge in [-0.2, -0.15) is 0 Å². The molecular formula is C16H16N2O. The van der Waals surface area contributed by atoms with E-state index in [1.54, 1.807) is 0 Å². The summed E-state index contributed by atoms with van der Waals surface area (Å²) in [6.07, 6.45) is 3.88. The van der Waals surface area contributed by atoms with Gasteiger partial charge >= 0.3 is 0 Å². The lowest BCUT2D eigenvalue weighted by Crippen LogP contribution is -2.12. The number of carbonyl (C=O) groups excluding carboxylic acids is 1. The minimum atomic E-state index is 0.131. The second-order valence-electron chi connectivity index (χ2n) is 4.88. The third-order valence-corrected chi connectivity index (χ3v) is 3.58. The predicted molar refractivity (Wildman–Crippen MR) is 76.4 cm³/mol. The number of Topliss-reactive ketones (excluding diaryl/α,β-unsaturated/α-hetero) is 1. The van der Waals surface area contributed by atoms with Crippen molar-refractivity contribution in [3.63, 3.8) is 0 Å². The highest BCUT2D eigenvalue weighted by Gasteiger charge is 2.11. The standard InChI is InChI=1S/C16H16N2O/c1-12-5-3-6-14-13(12)8-10-18(14)11-16(19)15-7-4-9-17(15)2/h3-10H,11H2,1-2H3. The fourth-order valence-electron chi connectivity index (χ4n) is 2.50. The molecule has 3 heteroatoms. The van der Waals surface area contributed by atoms with Gasteiger partial charge in [0.15, 0.2) is 5.78 Å². The average molecular weight is 252 g/mol. The van der Waals surface area contributed by atoms with Crippen LogP contribution in [0.2, 0.25) is 0 Å². The van der Waals surface area contributed by atoms with Gasteiger partial charge in [0.05, 0.1) is 12.2 Å². The van der Waals surface area contributed by atoms with Crippen LogP contribution >= 0.6 is 0 Å². The first kappa shape index (κ1) is 11.8. The Balaban J connectivity index is 1.96. The van der Waals surface area contributed by atoms with E-state index in [0.29, 0.717) is 6.54 Å². The molecule has 0 fully saturated rings. The van der Waals surface area contributed by atoms with Crippen molar-refractivity contribution in [2.24, 2.45) is 7.05 Å². The minimum absolute atomic E-state index is 0.131. The zero-order chi connectivity index (χ0) is 13.4. The third kappa shape index (κ3) is 1.97. The molecule has 0 aliphatic carbocycles. The average Bonchev–Trinajstić information content (AvgIpc) is 2.97. The van der Waals surface area contributed by atoms with Crippen LogP contribution < -0.4 is 0 Å². The van der Waals surface area contributed by atoms with E-state index in [1.807, 2.05) is 46.8 Å². The quantitative estimate of drug-likeness (QED) is 0.658. The second kappa shape index (κ2) is 4.43. The third-order valence-electron chi connectivity index (χ3n) is 3.58. The molecule has 0 aliphatic heterocycles. The monoisotopic (exact) mass is 252 g/mol. The Morgan fingerprint density at radius 1 is 1.11 bits per heavy atom. The molecule has 0 radical (unpaired) electrons. The summed E-state index contributed by atoms with van der Waals surface area (Å²) >= 11 is 0. The van der Waals surface area contributed by atoms with Crippen molar-refractivity contribution in [1.82, 2.24) is 9.13 Å². The molecule has 2 heterocycles. The maximum absolute atomic E-state index is 12.3. The Bertz CT molecular complexity index is 749. The molecule has 0 spiro atoms. The summed E-state index contributed by atoms with van der Waals surface area (Å²) in [5.41, 5.74) is 3.10. The number of benzene rings is 1. The molecule has 3 rings (SSSR count). The normalized spacial score (nSPS) is 11.1. The number of fused-ring (bicyclic) bond motifs is 1. The zero-order valence-corrected chi connectivity index (χ0v) is 11.1. The summed E-state index contributed by atoms with van der Waals surface area (Å²) in [5.74, 6) is 0.131. The van der Waals surface area contributed by atoms with E-state index in [4.69, 9.17) is 0 Å². The summed E-state index contributed by atoms with van der Waals surface area (Å²) in [6, 6.07) is 12.0. The smallest absolute Gasteiger partial charge is 0.198 e. The fourth-order valence-corrected chi connectivity index (χ4v) is 2.50. The van der Waals surface area contributed by atoms with Crippen LogP contribution in [-0.2, 0) is 13.6 Å². The van der Waals surface area contributed by atoms with Crippen LogP contribution in [0.3, 0.4) is 0 Å². The maximum atomic E-state index is 12.3. The molecular weight excluding hydrogens is 236 g/mol. The van der Waals surface area contributed by atoms with Crippen molar-refractivity contribution in [2.45, 2.75) is 13.5 Å². The summed E-state index contributed by atoms with van der Waals surface area (Å²) in [4.78, 5) is 12.3. The fraction of sp³-hybridized carbons (Fsp3) is 0.188.